The number of carbonyl (C=O) groups excluding carboxylic acids is 2. The van der Waals surface area contributed by atoms with Gasteiger partial charge in [-0.25, -0.2) is 0 Å². The third kappa shape index (κ3) is 5.03. The lowest BCUT2D eigenvalue weighted by atomic mass is 9.94. The molecule has 0 N–H and O–H groups in total. The minimum Gasteiger partial charge on any atom is -0.370 e. The van der Waals surface area contributed by atoms with Gasteiger partial charge in [0.25, 0.3) is 5.91 Å². The summed E-state index contributed by atoms with van der Waals surface area (Å²) >= 11 is 1.30. The maximum absolute atomic E-state index is 13.1. The fraction of sp³-hybridized carbons (Fsp3) is 0.500. The third-order valence-electron chi connectivity index (χ3n) is 5.75. The van der Waals surface area contributed by atoms with Crippen molar-refractivity contribution in [2.75, 3.05) is 19.6 Å². The number of nitrogens with zero attached hydrogens (tertiary/aromatic N) is 3. The first kappa shape index (κ1) is 20.0. The van der Waals surface area contributed by atoms with Crippen molar-refractivity contribution < 1.29 is 14.3 Å². The normalized spacial score (nSPS) is 21.2. The first-order valence-electron chi connectivity index (χ1n) is 10.3. The highest BCUT2D eigenvalue weighted by Gasteiger charge is 2.35. The topological polar surface area (TPSA) is 62.7 Å². The number of ether oxygens (including phenoxy) is 1. The summed E-state index contributed by atoms with van der Waals surface area (Å²) in [7, 11) is 0. The Morgan fingerprint density at radius 2 is 1.93 bits per heavy atom. The van der Waals surface area contributed by atoms with Gasteiger partial charge >= 0.3 is 0 Å². The van der Waals surface area contributed by atoms with E-state index < -0.39 is 0 Å². The van der Waals surface area contributed by atoms with Crippen LogP contribution in [-0.2, 0) is 16.1 Å². The Balaban J connectivity index is 1.51. The van der Waals surface area contributed by atoms with Crippen molar-refractivity contribution in [1.82, 2.24) is 14.8 Å². The van der Waals surface area contributed by atoms with Crippen molar-refractivity contribution in [1.29, 1.82) is 0 Å². The zero-order valence-electron chi connectivity index (χ0n) is 16.5. The molecule has 2 heterocycles. The molecule has 1 aliphatic carbocycles. The Kier molecular flexibility index (Phi) is 6.56. The van der Waals surface area contributed by atoms with Crippen LogP contribution in [0.25, 0.3) is 0 Å². The van der Waals surface area contributed by atoms with Gasteiger partial charge in [0.15, 0.2) is 0 Å². The summed E-state index contributed by atoms with van der Waals surface area (Å²) in [6.45, 7) is 1.54. The molecular weight excluding hydrogens is 386 g/mol. The molecule has 6 nitrogen and oxygen atoms in total. The van der Waals surface area contributed by atoms with Gasteiger partial charge in [-0.05, 0) is 18.4 Å². The Labute approximate surface area is 175 Å². The lowest BCUT2D eigenvalue weighted by molar-refractivity contribution is -0.134. The van der Waals surface area contributed by atoms with Crippen LogP contribution in [0.4, 0.5) is 0 Å². The quantitative estimate of drug-likeness (QED) is 0.754. The molecule has 2 amide bonds. The smallest absolute Gasteiger partial charge is 0.266 e. The molecule has 154 valence electrons. The van der Waals surface area contributed by atoms with Crippen LogP contribution < -0.4 is 0 Å². The molecule has 1 aromatic carbocycles. The van der Waals surface area contributed by atoms with Crippen LogP contribution in [-0.4, -0.2) is 58.4 Å². The minimum absolute atomic E-state index is 0.0283. The summed E-state index contributed by atoms with van der Waals surface area (Å²) in [5.41, 5.74) is 2.73. The Morgan fingerprint density at radius 3 is 2.66 bits per heavy atom. The van der Waals surface area contributed by atoms with Gasteiger partial charge in [0.05, 0.1) is 24.4 Å². The first-order chi connectivity index (χ1) is 14.2. The number of rotatable bonds is 5. The predicted octanol–water partition coefficient (Wildman–Crippen LogP) is 3.35. The number of carbonyl (C=O) groups is 2. The molecule has 2 aliphatic rings. The molecule has 29 heavy (non-hydrogen) atoms. The van der Waals surface area contributed by atoms with Crippen molar-refractivity contribution in [3.8, 4) is 0 Å². The second-order valence-electron chi connectivity index (χ2n) is 7.81. The van der Waals surface area contributed by atoms with Crippen molar-refractivity contribution in [3.63, 3.8) is 0 Å². The van der Waals surface area contributed by atoms with Crippen molar-refractivity contribution in [3.05, 3.63) is 52.5 Å². The Hall–Kier alpha value is -2.25. The van der Waals surface area contributed by atoms with Gasteiger partial charge in [-0.3, -0.25) is 14.6 Å². The highest BCUT2D eigenvalue weighted by molar-refractivity contribution is 7.11. The van der Waals surface area contributed by atoms with E-state index in [0.29, 0.717) is 24.6 Å². The summed E-state index contributed by atoms with van der Waals surface area (Å²) in [6, 6.07) is 10.3. The van der Waals surface area contributed by atoms with Crippen molar-refractivity contribution in [2.24, 2.45) is 0 Å². The maximum atomic E-state index is 13.1. The fourth-order valence-corrected chi connectivity index (χ4v) is 4.80. The molecule has 1 unspecified atom stereocenters. The standard InChI is InChI=1S/C22H27N3O3S/c26-21-14-24(22(27)20-11-23-16-29-20)12-19(28-15-17-7-3-1-4-8-17)13-25(21)18-9-5-2-6-10-18/h1,3-4,7-8,11,16,18-19H,2,5-6,9-10,12-15H2. The molecule has 0 bridgehead atoms. The monoisotopic (exact) mass is 413 g/mol. The van der Waals surface area contributed by atoms with E-state index in [-0.39, 0.29) is 30.5 Å². The van der Waals surface area contributed by atoms with Gasteiger partial charge in [0, 0.05) is 19.1 Å². The minimum atomic E-state index is -0.208. The molecule has 1 aromatic heterocycles. The SMILES string of the molecule is O=C(c1cncs1)N1CC(=O)N(C2CCCCC2)CC(OCc2ccccc2)C1. The number of hydrogen-bond donors (Lipinski definition) is 0. The van der Waals surface area contributed by atoms with E-state index in [9.17, 15) is 9.59 Å². The van der Waals surface area contributed by atoms with Gasteiger partial charge < -0.3 is 14.5 Å². The van der Waals surface area contributed by atoms with E-state index >= 15 is 0 Å². The van der Waals surface area contributed by atoms with E-state index in [1.54, 1.807) is 16.6 Å². The largest absolute Gasteiger partial charge is 0.370 e. The van der Waals surface area contributed by atoms with E-state index in [1.807, 2.05) is 35.2 Å². The van der Waals surface area contributed by atoms with Crippen LogP contribution in [0, 0.1) is 0 Å². The van der Waals surface area contributed by atoms with Crippen LogP contribution in [0.2, 0.25) is 0 Å². The summed E-state index contributed by atoms with van der Waals surface area (Å²) in [5, 5.41) is 0. The molecule has 1 atom stereocenters. The second kappa shape index (κ2) is 9.50. The van der Waals surface area contributed by atoms with Crippen molar-refractivity contribution >= 4 is 23.2 Å². The second-order valence-corrected chi connectivity index (χ2v) is 8.69. The molecule has 7 heteroatoms. The summed E-state index contributed by atoms with van der Waals surface area (Å²) in [6.07, 6.45) is 7.00. The summed E-state index contributed by atoms with van der Waals surface area (Å²) in [4.78, 5) is 34.2. The molecule has 4 rings (SSSR count). The Bertz CT molecular complexity index is 806. The predicted molar refractivity (Wildman–Crippen MR) is 112 cm³/mol. The van der Waals surface area contributed by atoms with Gasteiger partial charge in [-0.1, -0.05) is 49.6 Å². The van der Waals surface area contributed by atoms with Gasteiger partial charge in [-0.2, -0.15) is 0 Å². The number of aromatic nitrogens is 1. The highest BCUT2D eigenvalue weighted by Crippen LogP contribution is 2.25. The van der Waals surface area contributed by atoms with E-state index in [4.69, 9.17) is 4.74 Å². The molecule has 1 saturated carbocycles. The molecule has 1 saturated heterocycles. The van der Waals surface area contributed by atoms with Gasteiger partial charge in [-0.15, -0.1) is 11.3 Å². The third-order valence-corrected chi connectivity index (χ3v) is 6.51. The molecule has 1 aliphatic heterocycles. The van der Waals surface area contributed by atoms with Crippen LogP contribution in [0.5, 0.6) is 0 Å². The van der Waals surface area contributed by atoms with Crippen LogP contribution >= 0.6 is 11.3 Å². The van der Waals surface area contributed by atoms with E-state index in [0.717, 1.165) is 31.2 Å². The maximum Gasteiger partial charge on any atom is 0.266 e. The molecule has 0 radical (unpaired) electrons. The van der Waals surface area contributed by atoms with Crippen molar-refractivity contribution in [2.45, 2.75) is 50.9 Å². The number of benzene rings is 1. The zero-order chi connectivity index (χ0) is 20.1. The van der Waals surface area contributed by atoms with E-state index in [2.05, 4.69) is 4.98 Å². The van der Waals surface area contributed by atoms with Crippen LogP contribution in [0.15, 0.2) is 42.0 Å². The molecule has 2 aromatic rings. The molecule has 2 fully saturated rings. The number of amides is 2. The fourth-order valence-electron chi connectivity index (χ4n) is 4.21. The lowest BCUT2D eigenvalue weighted by Crippen LogP contribution is -2.46. The first-order valence-corrected chi connectivity index (χ1v) is 11.2. The number of thiazole rings is 1. The van der Waals surface area contributed by atoms with Gasteiger partial charge in [0.1, 0.15) is 11.4 Å². The average molecular weight is 414 g/mol. The van der Waals surface area contributed by atoms with Gasteiger partial charge in [0.2, 0.25) is 5.91 Å². The molecule has 0 spiro atoms. The Morgan fingerprint density at radius 1 is 1.14 bits per heavy atom. The summed E-state index contributed by atoms with van der Waals surface area (Å²) < 4.78 is 6.22. The van der Waals surface area contributed by atoms with Crippen LogP contribution in [0.1, 0.15) is 47.3 Å². The lowest BCUT2D eigenvalue weighted by Gasteiger charge is -2.34. The van der Waals surface area contributed by atoms with E-state index in [1.165, 1.54) is 17.8 Å². The average Bonchev–Trinajstić information content (AvgIpc) is 3.24. The zero-order valence-corrected chi connectivity index (χ0v) is 17.4. The molecular formula is C22H27N3O3S. The van der Waals surface area contributed by atoms with Crippen LogP contribution in [0.3, 0.4) is 0 Å². The number of hydrogen-bond acceptors (Lipinski definition) is 5. The summed E-state index contributed by atoms with van der Waals surface area (Å²) in [5.74, 6) is -0.111. The highest BCUT2D eigenvalue weighted by atomic mass is 32.1.